The molecule has 0 aliphatic rings. The van der Waals surface area contributed by atoms with Crippen LogP contribution < -0.4 is 10.6 Å². The number of anilines is 1. The first-order chi connectivity index (χ1) is 9.81. The lowest BCUT2D eigenvalue weighted by molar-refractivity contribution is -0.135. The summed E-state index contributed by atoms with van der Waals surface area (Å²) < 4.78 is 4.59. The molecular weight excluding hydrogens is 268 g/mol. The molecule has 5 nitrogen and oxygen atoms in total. The van der Waals surface area contributed by atoms with Crippen LogP contribution in [0.15, 0.2) is 30.0 Å². The Bertz CT molecular complexity index is 542. The fraction of sp³-hybridized carbons (Fsp3) is 0.375. The van der Waals surface area contributed by atoms with E-state index in [1.807, 2.05) is 45.9 Å². The molecule has 0 heterocycles. The zero-order valence-corrected chi connectivity index (χ0v) is 13.1. The molecule has 0 atom stereocenters. The van der Waals surface area contributed by atoms with Crippen LogP contribution in [0.1, 0.15) is 25.0 Å². The maximum Gasteiger partial charge on any atom is 0.332 e. The Morgan fingerprint density at radius 3 is 2.19 bits per heavy atom. The van der Waals surface area contributed by atoms with Crippen molar-refractivity contribution >= 4 is 17.6 Å². The number of carbonyl (C=O) groups is 2. The molecule has 0 unspecified atom stereocenters. The Morgan fingerprint density at radius 2 is 1.71 bits per heavy atom. The number of hydrogen-bond donors (Lipinski definition) is 2. The van der Waals surface area contributed by atoms with E-state index >= 15 is 0 Å². The molecule has 2 N–H and O–H groups in total. The van der Waals surface area contributed by atoms with Gasteiger partial charge in [0.15, 0.2) is 0 Å². The summed E-state index contributed by atoms with van der Waals surface area (Å²) in [5.74, 6) is -0.935. The van der Waals surface area contributed by atoms with Crippen LogP contribution in [0, 0.1) is 13.8 Å². The first-order valence-corrected chi connectivity index (χ1v) is 6.77. The number of carbonyl (C=O) groups excluding carboxylic acids is 2. The van der Waals surface area contributed by atoms with Gasteiger partial charge in [0, 0.05) is 11.7 Å². The number of amides is 1. The van der Waals surface area contributed by atoms with Crippen molar-refractivity contribution in [2.45, 2.75) is 33.7 Å². The van der Waals surface area contributed by atoms with E-state index in [2.05, 4.69) is 15.4 Å². The van der Waals surface area contributed by atoms with Gasteiger partial charge in [-0.25, -0.2) is 4.79 Å². The third-order valence-corrected chi connectivity index (χ3v) is 2.63. The first-order valence-electron chi connectivity index (χ1n) is 6.77. The van der Waals surface area contributed by atoms with Gasteiger partial charge >= 0.3 is 5.97 Å². The molecule has 0 radical (unpaired) electrons. The second kappa shape index (κ2) is 7.47. The highest BCUT2D eigenvalue weighted by molar-refractivity contribution is 6.01. The molecule has 1 aromatic rings. The highest BCUT2D eigenvalue weighted by atomic mass is 16.5. The van der Waals surface area contributed by atoms with Gasteiger partial charge in [-0.05, 0) is 51.0 Å². The van der Waals surface area contributed by atoms with Crippen LogP contribution >= 0.6 is 0 Å². The van der Waals surface area contributed by atoms with Crippen molar-refractivity contribution in [1.29, 1.82) is 0 Å². The van der Waals surface area contributed by atoms with Gasteiger partial charge in [-0.3, -0.25) is 4.79 Å². The van der Waals surface area contributed by atoms with Crippen molar-refractivity contribution in [3.63, 3.8) is 0 Å². The topological polar surface area (TPSA) is 67.4 Å². The predicted molar refractivity (Wildman–Crippen MR) is 82.9 cm³/mol. The van der Waals surface area contributed by atoms with Crippen molar-refractivity contribution in [3.8, 4) is 0 Å². The summed E-state index contributed by atoms with van der Waals surface area (Å²) in [5.41, 5.74) is 3.04. The summed E-state index contributed by atoms with van der Waals surface area (Å²) in [6, 6.07) is 5.81. The first kappa shape index (κ1) is 16.8. The molecular formula is C16H22N2O3. The lowest BCUT2D eigenvalue weighted by Crippen LogP contribution is -2.34. The zero-order valence-electron chi connectivity index (χ0n) is 13.1. The molecule has 0 saturated heterocycles. The number of esters is 1. The second-order valence-corrected chi connectivity index (χ2v) is 5.21. The van der Waals surface area contributed by atoms with Crippen LogP contribution in [0.2, 0.25) is 0 Å². The van der Waals surface area contributed by atoms with Crippen LogP contribution in [0.4, 0.5) is 5.69 Å². The molecule has 0 bridgehead atoms. The largest absolute Gasteiger partial charge is 0.466 e. The average Bonchev–Trinajstić information content (AvgIpc) is 2.35. The number of nitrogens with one attached hydrogen (secondary N) is 2. The van der Waals surface area contributed by atoms with Gasteiger partial charge in [-0.2, -0.15) is 0 Å². The number of benzene rings is 1. The quantitative estimate of drug-likeness (QED) is 0.645. The van der Waals surface area contributed by atoms with E-state index in [1.54, 1.807) is 0 Å². The summed E-state index contributed by atoms with van der Waals surface area (Å²) in [7, 11) is 1.27. The molecule has 0 aromatic heterocycles. The van der Waals surface area contributed by atoms with E-state index in [-0.39, 0.29) is 17.6 Å². The standard InChI is InChI=1S/C16H22N2O3/c1-10(2)17-16(20)14(9-15(19)21-5)18-13-7-11(3)6-12(4)8-13/h6-10,18H,1-5H3,(H,17,20)/b14-9-. The van der Waals surface area contributed by atoms with Gasteiger partial charge in [0.25, 0.3) is 5.91 Å². The average molecular weight is 290 g/mol. The SMILES string of the molecule is COC(=O)/C=C(\Nc1cc(C)cc(C)c1)C(=O)NC(C)C. The second-order valence-electron chi connectivity index (χ2n) is 5.21. The number of aryl methyl sites for hydroxylation is 2. The molecule has 21 heavy (non-hydrogen) atoms. The summed E-state index contributed by atoms with van der Waals surface area (Å²) in [6.45, 7) is 7.64. The zero-order chi connectivity index (χ0) is 16.0. The summed E-state index contributed by atoms with van der Waals surface area (Å²) in [6.07, 6.45) is 1.15. The summed E-state index contributed by atoms with van der Waals surface area (Å²) >= 11 is 0. The maximum absolute atomic E-state index is 12.1. The van der Waals surface area contributed by atoms with E-state index in [0.717, 1.165) is 22.9 Å². The number of methoxy groups -OCH3 is 1. The van der Waals surface area contributed by atoms with Gasteiger partial charge in [0.2, 0.25) is 0 Å². The molecule has 0 aliphatic heterocycles. The fourth-order valence-electron chi connectivity index (χ4n) is 1.88. The molecule has 0 spiro atoms. The van der Waals surface area contributed by atoms with Crippen molar-refractivity contribution in [1.82, 2.24) is 5.32 Å². The predicted octanol–water partition coefficient (Wildman–Crippen LogP) is 2.30. The molecule has 114 valence electrons. The molecule has 5 heteroatoms. The van der Waals surface area contributed by atoms with E-state index in [9.17, 15) is 9.59 Å². The Morgan fingerprint density at radius 1 is 1.14 bits per heavy atom. The molecule has 0 aliphatic carbocycles. The van der Waals surface area contributed by atoms with Gasteiger partial charge in [-0.1, -0.05) is 6.07 Å². The lowest BCUT2D eigenvalue weighted by atomic mass is 10.1. The highest BCUT2D eigenvalue weighted by Crippen LogP contribution is 2.16. The molecule has 1 amide bonds. The van der Waals surface area contributed by atoms with Crippen LogP contribution in [-0.2, 0) is 14.3 Å². The van der Waals surface area contributed by atoms with Gasteiger partial charge in [-0.15, -0.1) is 0 Å². The Kier molecular flexibility index (Phi) is 5.96. The normalized spacial score (nSPS) is 11.2. The van der Waals surface area contributed by atoms with E-state index in [1.165, 1.54) is 7.11 Å². The van der Waals surface area contributed by atoms with E-state index in [4.69, 9.17) is 0 Å². The van der Waals surface area contributed by atoms with Crippen molar-refractivity contribution in [2.75, 3.05) is 12.4 Å². The van der Waals surface area contributed by atoms with Crippen molar-refractivity contribution in [3.05, 3.63) is 41.1 Å². The number of ether oxygens (including phenoxy) is 1. The van der Waals surface area contributed by atoms with Gasteiger partial charge < -0.3 is 15.4 Å². The van der Waals surface area contributed by atoms with Crippen LogP contribution in [0.3, 0.4) is 0 Å². The van der Waals surface area contributed by atoms with E-state index < -0.39 is 5.97 Å². The summed E-state index contributed by atoms with van der Waals surface area (Å²) in [4.78, 5) is 23.5. The fourth-order valence-corrected chi connectivity index (χ4v) is 1.88. The Hall–Kier alpha value is -2.30. The minimum absolute atomic E-state index is 0.0282. The smallest absolute Gasteiger partial charge is 0.332 e. The third kappa shape index (κ3) is 5.69. The van der Waals surface area contributed by atoms with Crippen LogP contribution in [0.25, 0.3) is 0 Å². The molecule has 1 rings (SSSR count). The summed E-state index contributed by atoms with van der Waals surface area (Å²) in [5, 5.41) is 5.72. The monoisotopic (exact) mass is 290 g/mol. The molecule has 0 saturated carbocycles. The minimum Gasteiger partial charge on any atom is -0.466 e. The van der Waals surface area contributed by atoms with Crippen LogP contribution in [-0.4, -0.2) is 25.0 Å². The van der Waals surface area contributed by atoms with E-state index in [0.29, 0.717) is 0 Å². The third-order valence-electron chi connectivity index (χ3n) is 2.63. The van der Waals surface area contributed by atoms with Crippen molar-refractivity contribution < 1.29 is 14.3 Å². The minimum atomic E-state index is -0.583. The Labute approximate surface area is 125 Å². The van der Waals surface area contributed by atoms with Crippen molar-refractivity contribution in [2.24, 2.45) is 0 Å². The molecule has 0 fully saturated rings. The van der Waals surface area contributed by atoms with Crippen LogP contribution in [0.5, 0.6) is 0 Å². The Balaban J connectivity index is 3.04. The van der Waals surface area contributed by atoms with Gasteiger partial charge in [0.1, 0.15) is 5.70 Å². The van der Waals surface area contributed by atoms with Gasteiger partial charge in [0.05, 0.1) is 13.2 Å². The molecule has 1 aromatic carbocycles. The lowest BCUT2D eigenvalue weighted by Gasteiger charge is -2.14. The highest BCUT2D eigenvalue weighted by Gasteiger charge is 2.13. The maximum atomic E-state index is 12.1. The number of rotatable bonds is 5. The number of hydrogen-bond acceptors (Lipinski definition) is 4.